The topological polar surface area (TPSA) is 24.1 Å². The molecule has 0 fully saturated rings. The van der Waals surface area contributed by atoms with E-state index >= 15 is 0 Å². The maximum Gasteiger partial charge on any atom is 0.136 e. The summed E-state index contributed by atoms with van der Waals surface area (Å²) in [5.41, 5.74) is 8.42. The van der Waals surface area contributed by atoms with Crippen LogP contribution in [0.15, 0.2) is 15.6 Å². The molecule has 6 heavy (non-hydrogen) atoms. The number of halogens is 1. The van der Waals surface area contributed by atoms with Gasteiger partial charge in [0, 0.05) is 0 Å². The number of hydrogen-bond donors (Lipinski definition) is 2. The number of hydrazine groups is 1. The fourth-order valence-electron chi connectivity index (χ4n) is 0.235. The summed E-state index contributed by atoms with van der Waals surface area (Å²) in [5.74, 6) is 0. The Balaban J connectivity index is 2.71. The van der Waals surface area contributed by atoms with E-state index in [2.05, 4.69) is 39.2 Å². The van der Waals surface area contributed by atoms with Gasteiger partial charge in [0.25, 0.3) is 0 Å². The van der Waals surface area contributed by atoms with Crippen molar-refractivity contribution < 1.29 is 0 Å². The lowest BCUT2D eigenvalue weighted by atomic mass is 10.9. The number of hydrogen-bond acceptors (Lipinski definition) is 2. The average Bonchev–Trinajstić information content (AvgIpc) is 1.86. The molecule has 0 unspecified atom stereocenters. The lowest BCUT2D eigenvalue weighted by Gasteiger charge is -1.89. The van der Waals surface area contributed by atoms with Crippen molar-refractivity contribution in [3.63, 3.8) is 0 Å². The molecule has 1 aliphatic heterocycles. The first kappa shape index (κ1) is 4.02. The fourth-order valence-corrected chi connectivity index (χ4v) is 0.546. The van der Waals surface area contributed by atoms with Crippen LogP contribution in [-0.4, -0.2) is 0 Å². The zero-order valence-corrected chi connectivity index (χ0v) is 5.11. The Morgan fingerprint density at radius 2 is 2.67 bits per heavy atom. The Labute approximate surface area is 49.4 Å². The van der Waals surface area contributed by atoms with Crippen LogP contribution in [0.4, 0.5) is 0 Å². The molecular weight excluding hydrogens is 191 g/mol. The summed E-state index contributed by atoms with van der Waals surface area (Å²) < 4.78 is 1.01. The zero-order chi connectivity index (χ0) is 4.41. The van der Waals surface area contributed by atoms with Gasteiger partial charge in [0.2, 0.25) is 0 Å². The summed E-state index contributed by atoms with van der Waals surface area (Å²) in [7, 11) is 0. The van der Waals surface area contributed by atoms with Crippen molar-refractivity contribution in [3.05, 3.63) is 15.6 Å². The van der Waals surface area contributed by atoms with Crippen LogP contribution in [0, 0.1) is 0 Å². The molecule has 0 aromatic heterocycles. The van der Waals surface area contributed by atoms with E-state index in [-0.39, 0.29) is 0 Å². The zero-order valence-electron chi connectivity index (χ0n) is 2.96. The minimum atomic E-state index is 1.01. The van der Waals surface area contributed by atoms with Gasteiger partial charge in [-0.3, -0.25) is 10.9 Å². The van der Waals surface area contributed by atoms with Gasteiger partial charge in [0.05, 0.1) is 6.20 Å². The fraction of sp³-hybridized carbons (Fsp3) is 0. The molecule has 0 saturated carbocycles. The maximum absolute atomic E-state index is 2.88. The molecule has 0 atom stereocenters. The summed E-state index contributed by atoms with van der Waals surface area (Å²) in [5, 5.41) is 0. The Kier molecular flexibility index (Phi) is 1.03. The molecule has 0 aromatic rings. The predicted octanol–water partition coefficient (Wildman–Crippen LogP) is 0.483. The molecule has 0 saturated heterocycles. The third-order valence-corrected chi connectivity index (χ3v) is 1.03. The second kappa shape index (κ2) is 1.53. The van der Waals surface area contributed by atoms with Crippen molar-refractivity contribution in [1.82, 2.24) is 10.9 Å². The molecule has 32 valence electrons. The molecular formula is C3H3IN2. The van der Waals surface area contributed by atoms with Gasteiger partial charge in [-0.25, -0.2) is 0 Å². The molecule has 1 aliphatic rings. The van der Waals surface area contributed by atoms with Gasteiger partial charge in [-0.1, -0.05) is 5.73 Å². The second-order valence-electron chi connectivity index (χ2n) is 0.872. The van der Waals surface area contributed by atoms with Crippen LogP contribution < -0.4 is 10.9 Å². The van der Waals surface area contributed by atoms with E-state index in [9.17, 15) is 0 Å². The molecule has 0 aliphatic carbocycles. The predicted molar refractivity (Wildman–Crippen MR) is 31.9 cm³/mol. The molecule has 1 heterocycles. The van der Waals surface area contributed by atoms with Gasteiger partial charge in [-0.05, 0) is 22.6 Å². The van der Waals surface area contributed by atoms with Gasteiger partial charge in [0.1, 0.15) is 3.70 Å². The van der Waals surface area contributed by atoms with Gasteiger partial charge >= 0.3 is 0 Å². The van der Waals surface area contributed by atoms with Crippen LogP contribution in [0.1, 0.15) is 0 Å². The highest BCUT2D eigenvalue weighted by Gasteiger charge is 1.85. The SMILES string of the molecule is IC1=C=CNN1. The maximum atomic E-state index is 2.88. The highest BCUT2D eigenvalue weighted by molar-refractivity contribution is 14.1. The number of nitrogens with one attached hydrogen (secondary N) is 2. The van der Waals surface area contributed by atoms with Crippen LogP contribution in [0.3, 0.4) is 0 Å². The molecule has 0 bridgehead atoms. The minimum absolute atomic E-state index is 1.01. The lowest BCUT2D eigenvalue weighted by molar-refractivity contribution is 0.800. The first-order chi connectivity index (χ1) is 2.89. The van der Waals surface area contributed by atoms with Crippen LogP contribution in [0.5, 0.6) is 0 Å². The Morgan fingerprint density at radius 1 is 1.83 bits per heavy atom. The van der Waals surface area contributed by atoms with Crippen molar-refractivity contribution in [1.29, 1.82) is 0 Å². The van der Waals surface area contributed by atoms with E-state index in [0.29, 0.717) is 0 Å². The van der Waals surface area contributed by atoms with Gasteiger partial charge < -0.3 is 0 Å². The normalized spacial score (nSPS) is 15.8. The average molecular weight is 194 g/mol. The first-order valence-electron chi connectivity index (χ1n) is 1.52. The molecule has 0 radical (unpaired) electrons. The van der Waals surface area contributed by atoms with Crippen molar-refractivity contribution in [2.75, 3.05) is 0 Å². The Bertz CT molecular complexity index is 112. The van der Waals surface area contributed by atoms with Crippen molar-refractivity contribution in [3.8, 4) is 0 Å². The van der Waals surface area contributed by atoms with E-state index < -0.39 is 0 Å². The third kappa shape index (κ3) is 0.666. The first-order valence-corrected chi connectivity index (χ1v) is 2.60. The molecule has 0 aromatic carbocycles. The summed E-state index contributed by atoms with van der Waals surface area (Å²) in [6.45, 7) is 0. The van der Waals surface area contributed by atoms with Gasteiger partial charge in [-0.15, -0.1) is 0 Å². The standard InChI is InChI=1S/C3H3IN2/c4-3-1-2-5-6-3/h2,5-6H. The Hall–Kier alpha value is -0.150. The molecule has 1 rings (SSSR count). The van der Waals surface area contributed by atoms with Gasteiger partial charge in [0.15, 0.2) is 0 Å². The third-order valence-electron chi connectivity index (χ3n) is 0.453. The second-order valence-corrected chi connectivity index (χ2v) is 1.95. The molecule has 2 N–H and O–H groups in total. The van der Waals surface area contributed by atoms with E-state index in [1.54, 1.807) is 6.20 Å². The Morgan fingerprint density at radius 3 is 2.83 bits per heavy atom. The summed E-state index contributed by atoms with van der Waals surface area (Å²) in [6, 6.07) is 0. The van der Waals surface area contributed by atoms with Crippen LogP contribution in [-0.2, 0) is 0 Å². The highest BCUT2D eigenvalue weighted by atomic mass is 127. The van der Waals surface area contributed by atoms with Crippen LogP contribution in [0.25, 0.3) is 0 Å². The van der Waals surface area contributed by atoms with E-state index in [4.69, 9.17) is 0 Å². The van der Waals surface area contributed by atoms with Crippen molar-refractivity contribution in [2.24, 2.45) is 0 Å². The molecule has 2 nitrogen and oxygen atoms in total. The van der Waals surface area contributed by atoms with Crippen molar-refractivity contribution >= 4 is 22.6 Å². The number of rotatable bonds is 0. The summed E-state index contributed by atoms with van der Waals surface area (Å²) in [6.07, 6.45) is 1.72. The highest BCUT2D eigenvalue weighted by Crippen LogP contribution is 1.97. The molecule has 0 amide bonds. The van der Waals surface area contributed by atoms with Crippen molar-refractivity contribution in [2.45, 2.75) is 0 Å². The van der Waals surface area contributed by atoms with Crippen LogP contribution in [0.2, 0.25) is 0 Å². The minimum Gasteiger partial charge on any atom is -0.299 e. The van der Waals surface area contributed by atoms with E-state index in [0.717, 1.165) is 3.70 Å². The molecule has 3 heteroatoms. The summed E-state index contributed by atoms with van der Waals surface area (Å²) in [4.78, 5) is 0. The molecule has 0 spiro atoms. The monoisotopic (exact) mass is 194 g/mol. The van der Waals surface area contributed by atoms with E-state index in [1.165, 1.54) is 0 Å². The largest absolute Gasteiger partial charge is 0.299 e. The quantitative estimate of drug-likeness (QED) is 0.333. The van der Waals surface area contributed by atoms with Crippen LogP contribution >= 0.6 is 22.6 Å². The van der Waals surface area contributed by atoms with E-state index in [1.807, 2.05) is 0 Å². The summed E-state index contributed by atoms with van der Waals surface area (Å²) >= 11 is 2.13. The lowest BCUT2D eigenvalue weighted by Crippen LogP contribution is -2.17. The smallest absolute Gasteiger partial charge is 0.136 e. The van der Waals surface area contributed by atoms with Gasteiger partial charge in [-0.2, -0.15) is 0 Å².